The number of unbranched alkanes of at least 4 members (excludes halogenated alkanes) is 2. The highest BCUT2D eigenvalue weighted by atomic mass is 16.5. The van der Waals surface area contributed by atoms with Gasteiger partial charge in [-0.1, -0.05) is 48.9 Å². The fourth-order valence-electron chi connectivity index (χ4n) is 7.95. The van der Waals surface area contributed by atoms with Crippen LogP contribution in [-0.4, -0.2) is 102 Å². The fraction of sp³-hybridized carbons (Fsp3) is 0.467. The van der Waals surface area contributed by atoms with Crippen molar-refractivity contribution in [3.05, 3.63) is 95.7 Å². The maximum Gasteiger partial charge on any atom is 0.255 e. The Morgan fingerprint density at radius 2 is 1.43 bits per heavy atom. The number of pyridine rings is 1. The number of amides is 3. The number of anilines is 2. The number of likely N-dealkylation sites (tertiary alicyclic amines) is 2. The monoisotopic (exact) mass is 761 g/mol. The highest BCUT2D eigenvalue weighted by Crippen LogP contribution is 2.34. The fourth-order valence-corrected chi connectivity index (χ4v) is 7.95. The molecule has 3 N–H and O–H groups in total. The molecule has 11 heteroatoms. The van der Waals surface area contributed by atoms with Crippen LogP contribution in [0.5, 0.6) is 5.75 Å². The van der Waals surface area contributed by atoms with Gasteiger partial charge in [0.15, 0.2) is 0 Å². The average molecular weight is 762 g/mol. The number of nitrogens with one attached hydrogen (secondary N) is 3. The Morgan fingerprint density at radius 1 is 0.768 bits per heavy atom. The van der Waals surface area contributed by atoms with Gasteiger partial charge in [-0.15, -0.1) is 0 Å². The predicted octanol–water partition coefficient (Wildman–Crippen LogP) is 7.00. The number of hydrogen-bond acceptors (Lipinski definition) is 8. The number of para-hydroxylation sites is 1. The molecule has 2 aliphatic heterocycles. The zero-order valence-corrected chi connectivity index (χ0v) is 33.4. The molecule has 3 amide bonds. The average Bonchev–Trinajstić information content (AvgIpc) is 3.23. The van der Waals surface area contributed by atoms with E-state index in [1.54, 1.807) is 13.3 Å². The second-order valence-corrected chi connectivity index (χ2v) is 15.1. The molecule has 0 atom stereocenters. The molecule has 2 fully saturated rings. The molecule has 298 valence electrons. The second kappa shape index (κ2) is 20.2. The molecule has 0 radical (unpaired) electrons. The van der Waals surface area contributed by atoms with Crippen LogP contribution < -0.4 is 20.7 Å². The van der Waals surface area contributed by atoms with Gasteiger partial charge in [0.2, 0.25) is 5.91 Å². The van der Waals surface area contributed by atoms with E-state index in [0.717, 1.165) is 108 Å². The number of fused-ring (bicyclic) bond motifs is 1. The van der Waals surface area contributed by atoms with E-state index in [0.29, 0.717) is 34.5 Å². The number of methoxy groups -OCH3 is 1. The van der Waals surface area contributed by atoms with E-state index in [-0.39, 0.29) is 29.8 Å². The first-order valence-electron chi connectivity index (χ1n) is 20.6. The van der Waals surface area contributed by atoms with Gasteiger partial charge < -0.3 is 30.5 Å². The molecule has 1 aromatic heterocycles. The van der Waals surface area contributed by atoms with Crippen LogP contribution in [0.1, 0.15) is 91.5 Å². The van der Waals surface area contributed by atoms with Gasteiger partial charge in [0.25, 0.3) is 11.8 Å². The van der Waals surface area contributed by atoms with Crippen molar-refractivity contribution in [2.75, 3.05) is 58.2 Å². The molecule has 4 aromatic rings. The third-order valence-corrected chi connectivity index (χ3v) is 11.3. The molecule has 3 heterocycles. The lowest BCUT2D eigenvalue weighted by Gasteiger charge is -2.32. The van der Waals surface area contributed by atoms with E-state index in [2.05, 4.69) is 55.0 Å². The normalized spacial score (nSPS) is 15.7. The highest BCUT2D eigenvalue weighted by Gasteiger charge is 2.25. The number of aromatic nitrogens is 1. The second-order valence-electron chi connectivity index (χ2n) is 15.1. The number of hydrogen-bond donors (Lipinski definition) is 3. The minimum Gasteiger partial charge on any atom is -0.494 e. The maximum absolute atomic E-state index is 13.9. The minimum absolute atomic E-state index is 0.0631. The summed E-state index contributed by atoms with van der Waals surface area (Å²) >= 11 is 0. The molecule has 0 spiro atoms. The van der Waals surface area contributed by atoms with Crippen molar-refractivity contribution in [2.45, 2.75) is 83.8 Å². The number of carbonyl (C=O) groups excluding carboxylic acids is 3. The van der Waals surface area contributed by atoms with Gasteiger partial charge in [0, 0.05) is 87.2 Å². The van der Waals surface area contributed by atoms with Crippen LogP contribution >= 0.6 is 0 Å². The third kappa shape index (κ3) is 10.9. The van der Waals surface area contributed by atoms with Gasteiger partial charge in [0.1, 0.15) is 11.3 Å². The van der Waals surface area contributed by atoms with E-state index < -0.39 is 0 Å². The first-order valence-corrected chi connectivity index (χ1v) is 20.6. The summed E-state index contributed by atoms with van der Waals surface area (Å²) in [6, 6.07) is 23.8. The maximum atomic E-state index is 13.9. The third-order valence-electron chi connectivity index (χ3n) is 11.3. The van der Waals surface area contributed by atoms with Gasteiger partial charge >= 0.3 is 0 Å². The quantitative estimate of drug-likeness (QED) is 0.0985. The van der Waals surface area contributed by atoms with E-state index in [1.807, 2.05) is 67.3 Å². The van der Waals surface area contributed by atoms with Gasteiger partial charge in [-0.25, -0.2) is 0 Å². The van der Waals surface area contributed by atoms with Crippen LogP contribution in [0.3, 0.4) is 0 Å². The van der Waals surface area contributed by atoms with E-state index in [9.17, 15) is 14.4 Å². The van der Waals surface area contributed by atoms with Gasteiger partial charge in [-0.05, 0) is 94.8 Å². The molecular weight excluding hydrogens is 703 g/mol. The highest BCUT2D eigenvalue weighted by molar-refractivity contribution is 6.09. The van der Waals surface area contributed by atoms with Gasteiger partial charge in [0.05, 0.1) is 18.4 Å². The Morgan fingerprint density at radius 3 is 2.09 bits per heavy atom. The van der Waals surface area contributed by atoms with Crippen LogP contribution in [0.2, 0.25) is 0 Å². The summed E-state index contributed by atoms with van der Waals surface area (Å²) in [5.74, 6) is 0.626. The summed E-state index contributed by atoms with van der Waals surface area (Å²) in [4.78, 5) is 50.9. The molecule has 11 nitrogen and oxygen atoms in total. The number of carbonyl (C=O) groups is 3. The van der Waals surface area contributed by atoms with E-state index >= 15 is 0 Å². The lowest BCUT2D eigenvalue weighted by molar-refractivity contribution is -0.130. The Bertz CT molecular complexity index is 1880. The molecule has 0 unspecified atom stereocenters. The van der Waals surface area contributed by atoms with E-state index in [1.165, 1.54) is 5.56 Å². The summed E-state index contributed by atoms with van der Waals surface area (Å²) in [5, 5.41) is 10.8. The Kier molecular flexibility index (Phi) is 14.7. The molecule has 2 aliphatic rings. The van der Waals surface area contributed by atoms with Crippen LogP contribution in [0.25, 0.3) is 10.9 Å². The number of piperidine rings is 2. The summed E-state index contributed by atoms with van der Waals surface area (Å²) in [6.07, 6.45) is 8.89. The lowest BCUT2D eigenvalue weighted by atomic mass is 10.0. The SMILES string of the molecule is CCN(CC)C(=O)CCCCCN1CCC(NC(=O)c2cnc3c(OC)cccc3c2Nc2ccc(C(=O)NC3CCN(Cc4ccccc4)CC3)cc2)CC1. The zero-order chi connectivity index (χ0) is 39.3. The van der Waals surface area contributed by atoms with E-state index in [4.69, 9.17) is 4.74 Å². The topological polar surface area (TPSA) is 119 Å². The molecule has 3 aromatic carbocycles. The summed E-state index contributed by atoms with van der Waals surface area (Å²) in [7, 11) is 1.61. The lowest BCUT2D eigenvalue weighted by Crippen LogP contribution is -2.45. The molecule has 0 aliphatic carbocycles. The smallest absolute Gasteiger partial charge is 0.255 e. The summed E-state index contributed by atoms with van der Waals surface area (Å²) in [5.41, 5.74) is 4.41. The molecule has 0 saturated carbocycles. The Labute approximate surface area is 332 Å². The molecule has 56 heavy (non-hydrogen) atoms. The Balaban J connectivity index is 1.03. The van der Waals surface area contributed by atoms with Crippen molar-refractivity contribution in [2.24, 2.45) is 0 Å². The van der Waals surface area contributed by atoms with Crippen molar-refractivity contribution in [3.8, 4) is 5.75 Å². The van der Waals surface area contributed by atoms with Crippen LogP contribution in [0.4, 0.5) is 11.4 Å². The standard InChI is InChI=1S/C45H59N7O4/c1-4-52(5-2)41(53)17-10-7-11-26-50-27-22-37(23-28-50)49-45(55)39-31-46-43-38(15-12-16-40(43)56-3)42(39)47-35-20-18-34(19-21-35)44(54)48-36-24-29-51(30-25-36)32-33-13-8-6-9-14-33/h6,8-9,12-16,18-21,31,36-37H,4-5,7,10-11,17,22-30,32H2,1-3H3,(H,46,47)(H,48,54)(H,49,55). The van der Waals surface area contributed by atoms with Crippen LogP contribution in [0, 0.1) is 0 Å². The van der Waals surface area contributed by atoms with Crippen LogP contribution in [-0.2, 0) is 11.3 Å². The summed E-state index contributed by atoms with van der Waals surface area (Å²) in [6.45, 7) is 11.3. The van der Waals surface area contributed by atoms with Crippen molar-refractivity contribution in [1.29, 1.82) is 0 Å². The van der Waals surface area contributed by atoms with Crippen LogP contribution in [0.15, 0.2) is 79.0 Å². The first-order chi connectivity index (χ1) is 27.3. The van der Waals surface area contributed by atoms with Crippen molar-refractivity contribution in [3.63, 3.8) is 0 Å². The summed E-state index contributed by atoms with van der Waals surface area (Å²) < 4.78 is 5.61. The van der Waals surface area contributed by atoms with Crippen molar-refractivity contribution >= 4 is 40.0 Å². The molecule has 0 bridgehead atoms. The number of ether oxygens (including phenoxy) is 1. The first kappa shape index (κ1) is 40.7. The van der Waals surface area contributed by atoms with Gasteiger partial charge in [-0.2, -0.15) is 0 Å². The minimum atomic E-state index is -0.174. The van der Waals surface area contributed by atoms with Crippen molar-refractivity contribution < 1.29 is 19.1 Å². The largest absolute Gasteiger partial charge is 0.494 e. The number of nitrogens with zero attached hydrogens (tertiary/aromatic N) is 4. The molecule has 2 saturated heterocycles. The van der Waals surface area contributed by atoms with Gasteiger partial charge in [-0.3, -0.25) is 24.3 Å². The Hall–Kier alpha value is -5.00. The number of benzene rings is 3. The number of rotatable bonds is 17. The molecule has 6 rings (SSSR count). The molecular formula is C45H59N7O4. The van der Waals surface area contributed by atoms with Crippen molar-refractivity contribution in [1.82, 2.24) is 30.3 Å². The predicted molar refractivity (Wildman–Crippen MR) is 224 cm³/mol. The zero-order valence-electron chi connectivity index (χ0n) is 33.4.